The van der Waals surface area contributed by atoms with Crippen molar-refractivity contribution in [3.05, 3.63) is 63.7 Å². The number of amides is 1. The van der Waals surface area contributed by atoms with Gasteiger partial charge >= 0.3 is 0 Å². The van der Waals surface area contributed by atoms with Crippen LogP contribution in [-0.2, 0) is 17.6 Å². The molecule has 1 aliphatic rings. The van der Waals surface area contributed by atoms with Crippen LogP contribution in [0.5, 0.6) is 5.75 Å². The van der Waals surface area contributed by atoms with Gasteiger partial charge in [-0.05, 0) is 48.6 Å². The van der Waals surface area contributed by atoms with Crippen molar-refractivity contribution in [2.45, 2.75) is 19.3 Å². The zero-order valence-electron chi connectivity index (χ0n) is 12.5. The fraction of sp³-hybridized carbons (Fsp3) is 0.235. The van der Waals surface area contributed by atoms with Crippen molar-refractivity contribution < 1.29 is 14.5 Å². The predicted molar refractivity (Wildman–Crippen MR) is 85.7 cm³/mol. The van der Waals surface area contributed by atoms with Crippen molar-refractivity contribution in [3.63, 3.8) is 0 Å². The van der Waals surface area contributed by atoms with Gasteiger partial charge in [-0.3, -0.25) is 14.9 Å². The molecule has 0 bridgehead atoms. The Morgan fingerprint density at radius 1 is 1.17 bits per heavy atom. The van der Waals surface area contributed by atoms with Crippen LogP contribution in [0.4, 0.5) is 11.4 Å². The van der Waals surface area contributed by atoms with E-state index in [-0.39, 0.29) is 18.2 Å². The van der Waals surface area contributed by atoms with Gasteiger partial charge in [0.05, 0.1) is 11.0 Å². The van der Waals surface area contributed by atoms with Crippen molar-refractivity contribution in [3.8, 4) is 5.75 Å². The normalized spacial score (nSPS) is 12.5. The maximum atomic E-state index is 11.9. The molecule has 118 valence electrons. The van der Waals surface area contributed by atoms with Gasteiger partial charge in [0.2, 0.25) is 0 Å². The number of nitrogens with one attached hydrogen (secondary N) is 1. The van der Waals surface area contributed by atoms with E-state index in [1.54, 1.807) is 6.07 Å². The summed E-state index contributed by atoms with van der Waals surface area (Å²) in [6.07, 6.45) is 3.30. The van der Waals surface area contributed by atoms with Crippen LogP contribution >= 0.6 is 0 Å². The second-order valence-electron chi connectivity index (χ2n) is 5.43. The van der Waals surface area contributed by atoms with Gasteiger partial charge in [0, 0.05) is 11.8 Å². The van der Waals surface area contributed by atoms with Crippen molar-refractivity contribution in [1.29, 1.82) is 0 Å². The number of hydrogen-bond acceptors (Lipinski definition) is 4. The van der Waals surface area contributed by atoms with Crippen LogP contribution in [0, 0.1) is 10.1 Å². The molecule has 1 N–H and O–H groups in total. The lowest BCUT2D eigenvalue weighted by atomic mass is 10.1. The number of nitro benzene ring substituents is 1. The number of carbonyl (C=O) groups is 1. The molecule has 23 heavy (non-hydrogen) atoms. The van der Waals surface area contributed by atoms with Crippen molar-refractivity contribution in [2.24, 2.45) is 0 Å². The Balaban J connectivity index is 1.57. The molecule has 0 unspecified atom stereocenters. The second-order valence-corrected chi connectivity index (χ2v) is 5.43. The van der Waals surface area contributed by atoms with E-state index in [1.807, 2.05) is 18.2 Å². The minimum Gasteiger partial charge on any atom is -0.484 e. The van der Waals surface area contributed by atoms with Gasteiger partial charge in [-0.15, -0.1) is 0 Å². The molecule has 0 fully saturated rings. The Bertz CT molecular complexity index is 758. The molecule has 0 aliphatic heterocycles. The smallest absolute Gasteiger partial charge is 0.273 e. The summed E-state index contributed by atoms with van der Waals surface area (Å²) in [6, 6.07) is 11.7. The summed E-state index contributed by atoms with van der Waals surface area (Å²) in [4.78, 5) is 22.1. The topological polar surface area (TPSA) is 81.5 Å². The molecule has 1 amide bonds. The number of nitrogens with zero attached hydrogens (tertiary/aromatic N) is 1. The maximum absolute atomic E-state index is 11.9. The summed E-state index contributed by atoms with van der Waals surface area (Å²) in [5.41, 5.74) is 3.30. The van der Waals surface area contributed by atoms with E-state index in [1.165, 1.54) is 29.3 Å². The van der Waals surface area contributed by atoms with E-state index in [9.17, 15) is 14.9 Å². The molecule has 6 heteroatoms. The molecule has 0 radical (unpaired) electrons. The van der Waals surface area contributed by atoms with Crippen molar-refractivity contribution in [1.82, 2.24) is 0 Å². The molecule has 1 aliphatic carbocycles. The molecule has 3 rings (SSSR count). The van der Waals surface area contributed by atoms with Gasteiger partial charge in [-0.25, -0.2) is 0 Å². The summed E-state index contributed by atoms with van der Waals surface area (Å²) in [5, 5.41) is 13.5. The first-order valence-corrected chi connectivity index (χ1v) is 7.41. The minimum absolute atomic E-state index is 0.0680. The number of rotatable bonds is 5. The predicted octanol–water partition coefficient (Wildman–Crippen LogP) is 3.10. The van der Waals surface area contributed by atoms with Gasteiger partial charge in [0.25, 0.3) is 11.6 Å². The Labute approximate surface area is 133 Å². The Morgan fingerprint density at radius 2 is 2.00 bits per heavy atom. The molecule has 0 atom stereocenters. The van der Waals surface area contributed by atoms with Gasteiger partial charge in [0.15, 0.2) is 6.61 Å². The molecule has 0 heterocycles. The maximum Gasteiger partial charge on any atom is 0.273 e. The van der Waals surface area contributed by atoms with Gasteiger partial charge in [0.1, 0.15) is 5.75 Å². The summed E-state index contributed by atoms with van der Waals surface area (Å²) in [5.74, 6) is -0.00208. The average molecular weight is 312 g/mol. The number of non-ortho nitro benzene ring substituents is 1. The number of aryl methyl sites for hydroxylation is 2. The number of fused-ring (bicyclic) bond motifs is 1. The lowest BCUT2D eigenvalue weighted by Gasteiger charge is -2.09. The molecule has 0 saturated heterocycles. The quantitative estimate of drug-likeness (QED) is 0.679. The monoisotopic (exact) mass is 312 g/mol. The van der Waals surface area contributed by atoms with Gasteiger partial charge < -0.3 is 10.1 Å². The first-order valence-electron chi connectivity index (χ1n) is 7.41. The number of carbonyl (C=O) groups excluding carboxylic acids is 1. The molecular formula is C17H16N2O4. The largest absolute Gasteiger partial charge is 0.484 e. The third kappa shape index (κ3) is 3.66. The molecule has 2 aromatic rings. The zero-order valence-corrected chi connectivity index (χ0v) is 12.5. The third-order valence-corrected chi connectivity index (χ3v) is 3.78. The lowest BCUT2D eigenvalue weighted by Crippen LogP contribution is -2.20. The molecule has 6 nitrogen and oxygen atoms in total. The molecule has 0 aromatic heterocycles. The number of anilines is 1. The molecule has 0 spiro atoms. The second kappa shape index (κ2) is 6.48. The number of hydrogen-bond donors (Lipinski definition) is 1. The first kappa shape index (κ1) is 15.0. The highest BCUT2D eigenvalue weighted by molar-refractivity contribution is 5.92. The Kier molecular flexibility index (Phi) is 4.23. The average Bonchev–Trinajstić information content (AvgIpc) is 3.01. The highest BCUT2D eigenvalue weighted by Gasteiger charge is 2.12. The van der Waals surface area contributed by atoms with E-state index in [2.05, 4.69) is 5.32 Å². The Morgan fingerprint density at radius 3 is 2.83 bits per heavy atom. The minimum atomic E-state index is -0.503. The van der Waals surface area contributed by atoms with E-state index < -0.39 is 4.92 Å². The molecule has 0 saturated carbocycles. The fourth-order valence-electron chi connectivity index (χ4n) is 2.68. The lowest BCUT2D eigenvalue weighted by molar-refractivity contribution is -0.384. The summed E-state index contributed by atoms with van der Waals surface area (Å²) >= 11 is 0. The SMILES string of the molecule is O=C(COc1cccc([N+](=O)[O-])c1)Nc1ccc2c(c1)CCC2. The van der Waals surface area contributed by atoms with E-state index in [0.717, 1.165) is 24.9 Å². The van der Waals surface area contributed by atoms with Crippen LogP contribution in [0.3, 0.4) is 0 Å². The van der Waals surface area contributed by atoms with Crippen LogP contribution in [0.25, 0.3) is 0 Å². The highest BCUT2D eigenvalue weighted by atomic mass is 16.6. The Hall–Kier alpha value is -2.89. The number of ether oxygens (including phenoxy) is 1. The van der Waals surface area contributed by atoms with Crippen LogP contribution in [0.1, 0.15) is 17.5 Å². The van der Waals surface area contributed by atoms with E-state index in [4.69, 9.17) is 4.74 Å². The first-order chi connectivity index (χ1) is 11.1. The van der Waals surface area contributed by atoms with Crippen molar-refractivity contribution >= 4 is 17.3 Å². The highest BCUT2D eigenvalue weighted by Crippen LogP contribution is 2.25. The zero-order chi connectivity index (χ0) is 16.2. The summed E-state index contributed by atoms with van der Waals surface area (Å²) < 4.78 is 5.31. The number of nitro groups is 1. The van der Waals surface area contributed by atoms with Crippen LogP contribution in [-0.4, -0.2) is 17.4 Å². The van der Waals surface area contributed by atoms with E-state index in [0.29, 0.717) is 5.75 Å². The molecule has 2 aromatic carbocycles. The van der Waals surface area contributed by atoms with Crippen LogP contribution in [0.15, 0.2) is 42.5 Å². The van der Waals surface area contributed by atoms with Gasteiger partial charge in [-0.1, -0.05) is 12.1 Å². The van der Waals surface area contributed by atoms with E-state index >= 15 is 0 Å². The van der Waals surface area contributed by atoms with Gasteiger partial charge in [-0.2, -0.15) is 0 Å². The molecular weight excluding hydrogens is 296 g/mol. The summed E-state index contributed by atoms with van der Waals surface area (Å²) in [6.45, 7) is -0.196. The number of benzene rings is 2. The van der Waals surface area contributed by atoms with Crippen LogP contribution < -0.4 is 10.1 Å². The summed E-state index contributed by atoms with van der Waals surface area (Å²) in [7, 11) is 0. The third-order valence-electron chi connectivity index (χ3n) is 3.78. The van der Waals surface area contributed by atoms with Crippen molar-refractivity contribution in [2.75, 3.05) is 11.9 Å². The van der Waals surface area contributed by atoms with Crippen LogP contribution in [0.2, 0.25) is 0 Å². The fourth-order valence-corrected chi connectivity index (χ4v) is 2.68. The standard InChI is InChI=1S/C17H16N2O4/c20-17(11-23-16-6-2-5-15(10-16)19(21)22)18-14-8-7-12-3-1-4-13(12)9-14/h2,5-10H,1,3-4,11H2,(H,18,20).